The zero-order valence-electron chi connectivity index (χ0n) is 6.50. The van der Waals surface area contributed by atoms with Gasteiger partial charge in [-0.05, 0) is 12.5 Å². The lowest BCUT2D eigenvalue weighted by molar-refractivity contribution is 0.0966. The Morgan fingerprint density at radius 2 is 2.00 bits per heavy atom. The Balaban J connectivity index is 2.60. The second-order valence-corrected chi connectivity index (χ2v) is 2.87. The molecular weight excluding hydrogens is 156 g/mol. The highest BCUT2D eigenvalue weighted by Crippen LogP contribution is 2.18. The van der Waals surface area contributed by atoms with Crippen LogP contribution in [0.5, 0.6) is 0 Å². The molecule has 0 spiro atoms. The maximum absolute atomic E-state index is 11.2. The maximum atomic E-state index is 11.2. The van der Waals surface area contributed by atoms with Gasteiger partial charge in [-0.25, -0.2) is 4.79 Å². The van der Waals surface area contributed by atoms with Crippen LogP contribution in [0.25, 0.3) is 0 Å². The number of carbonyl (C=O) groups excluding carboxylic acids is 1. The van der Waals surface area contributed by atoms with Gasteiger partial charge in [0.15, 0.2) is 5.78 Å². The third-order valence-electron chi connectivity index (χ3n) is 2.02. The lowest BCUT2D eigenvalue weighted by atomic mass is 9.96. The fourth-order valence-corrected chi connectivity index (χ4v) is 1.43. The summed E-state index contributed by atoms with van der Waals surface area (Å²) < 4.78 is 4.89. The molecule has 1 aliphatic carbocycles. The summed E-state index contributed by atoms with van der Waals surface area (Å²) in [7, 11) is 0. The summed E-state index contributed by atoms with van der Waals surface area (Å²) in [6.45, 7) is 0. The first-order chi connectivity index (χ1) is 5.77. The lowest BCUT2D eigenvalue weighted by Gasteiger charge is -2.10. The van der Waals surface area contributed by atoms with Gasteiger partial charge >= 0.3 is 5.63 Å². The second kappa shape index (κ2) is 2.59. The van der Waals surface area contributed by atoms with Crippen molar-refractivity contribution in [2.75, 3.05) is 0 Å². The van der Waals surface area contributed by atoms with Crippen molar-refractivity contribution in [2.45, 2.75) is 19.3 Å². The summed E-state index contributed by atoms with van der Waals surface area (Å²) in [6, 6.07) is 2.85. The molecule has 0 atom stereocenters. The lowest BCUT2D eigenvalue weighted by Crippen LogP contribution is -2.13. The van der Waals surface area contributed by atoms with Crippen LogP contribution in [0, 0.1) is 0 Å². The Morgan fingerprint density at radius 3 is 2.83 bits per heavy atom. The Kier molecular flexibility index (Phi) is 1.57. The van der Waals surface area contributed by atoms with Crippen LogP contribution in [-0.4, -0.2) is 5.78 Å². The number of ketones is 1. The van der Waals surface area contributed by atoms with Gasteiger partial charge in [0.1, 0.15) is 5.76 Å². The third kappa shape index (κ3) is 1.07. The van der Waals surface area contributed by atoms with Crippen LogP contribution >= 0.6 is 0 Å². The highest BCUT2D eigenvalue weighted by molar-refractivity contribution is 5.97. The first kappa shape index (κ1) is 7.28. The zero-order chi connectivity index (χ0) is 8.55. The van der Waals surface area contributed by atoms with Crippen molar-refractivity contribution in [2.24, 2.45) is 0 Å². The van der Waals surface area contributed by atoms with Crippen LogP contribution in [0.4, 0.5) is 0 Å². The SMILES string of the molecule is O=C1CCCc2oc(=O)ccc21. The fraction of sp³-hybridized carbons (Fsp3) is 0.333. The molecule has 2 rings (SSSR count). The molecule has 0 saturated carbocycles. The van der Waals surface area contributed by atoms with Crippen LogP contribution < -0.4 is 5.63 Å². The number of fused-ring (bicyclic) bond motifs is 1. The largest absolute Gasteiger partial charge is 0.427 e. The van der Waals surface area contributed by atoms with Crippen LogP contribution in [0.1, 0.15) is 29.0 Å². The average Bonchev–Trinajstić information content (AvgIpc) is 2.04. The van der Waals surface area contributed by atoms with E-state index in [1.165, 1.54) is 6.07 Å². The summed E-state index contributed by atoms with van der Waals surface area (Å²) in [5, 5.41) is 0. The van der Waals surface area contributed by atoms with Crippen LogP contribution in [0.2, 0.25) is 0 Å². The quantitative estimate of drug-likeness (QED) is 0.578. The molecule has 0 radical (unpaired) electrons. The van der Waals surface area contributed by atoms with Crippen molar-refractivity contribution in [3.8, 4) is 0 Å². The predicted octanol–water partition coefficient (Wildman–Crippen LogP) is 1.16. The van der Waals surface area contributed by atoms with Gasteiger partial charge in [0, 0.05) is 18.9 Å². The van der Waals surface area contributed by atoms with Gasteiger partial charge in [-0.1, -0.05) is 0 Å². The number of carbonyl (C=O) groups is 1. The van der Waals surface area contributed by atoms with Gasteiger partial charge in [-0.2, -0.15) is 0 Å². The summed E-state index contributed by atoms with van der Waals surface area (Å²) in [5.74, 6) is 0.638. The van der Waals surface area contributed by atoms with Gasteiger partial charge in [0.2, 0.25) is 0 Å². The predicted molar refractivity (Wildman–Crippen MR) is 42.2 cm³/mol. The molecule has 1 aromatic rings. The van der Waals surface area contributed by atoms with E-state index in [0.29, 0.717) is 24.2 Å². The number of aryl methyl sites for hydroxylation is 1. The van der Waals surface area contributed by atoms with Gasteiger partial charge in [0.05, 0.1) is 5.56 Å². The van der Waals surface area contributed by atoms with Crippen LogP contribution in [0.15, 0.2) is 21.3 Å². The maximum Gasteiger partial charge on any atom is 0.335 e. The minimum atomic E-state index is -0.372. The van der Waals surface area contributed by atoms with E-state index in [2.05, 4.69) is 0 Å². The summed E-state index contributed by atoms with van der Waals surface area (Å²) in [4.78, 5) is 22.0. The Morgan fingerprint density at radius 1 is 1.17 bits per heavy atom. The Labute approximate surface area is 69.0 Å². The smallest absolute Gasteiger partial charge is 0.335 e. The van der Waals surface area contributed by atoms with E-state index >= 15 is 0 Å². The molecular formula is C9H8O3. The second-order valence-electron chi connectivity index (χ2n) is 2.87. The van der Waals surface area contributed by atoms with Crippen LogP contribution in [-0.2, 0) is 6.42 Å². The molecule has 3 heteroatoms. The van der Waals surface area contributed by atoms with E-state index in [4.69, 9.17) is 4.42 Å². The normalized spacial score (nSPS) is 15.8. The number of Topliss-reactive ketones (excluding diaryl/α,β-unsaturated/α-hetero) is 1. The van der Waals surface area contributed by atoms with Crippen molar-refractivity contribution in [1.29, 1.82) is 0 Å². The van der Waals surface area contributed by atoms with Gasteiger partial charge < -0.3 is 4.42 Å². The zero-order valence-corrected chi connectivity index (χ0v) is 6.50. The molecule has 0 unspecified atom stereocenters. The molecule has 0 aromatic carbocycles. The highest BCUT2D eigenvalue weighted by Gasteiger charge is 2.18. The van der Waals surface area contributed by atoms with Crippen molar-refractivity contribution in [1.82, 2.24) is 0 Å². The van der Waals surface area contributed by atoms with Crippen LogP contribution in [0.3, 0.4) is 0 Å². The Bertz CT molecular complexity index is 376. The van der Waals surface area contributed by atoms with E-state index in [1.807, 2.05) is 0 Å². The minimum Gasteiger partial charge on any atom is -0.427 e. The van der Waals surface area contributed by atoms with E-state index in [0.717, 1.165) is 6.42 Å². The average molecular weight is 164 g/mol. The Hall–Kier alpha value is -1.38. The molecule has 0 aliphatic heterocycles. The molecule has 62 valence electrons. The van der Waals surface area contributed by atoms with E-state index in [-0.39, 0.29) is 11.4 Å². The first-order valence-electron chi connectivity index (χ1n) is 3.93. The summed E-state index contributed by atoms with van der Waals surface area (Å²) in [6.07, 6.45) is 2.07. The van der Waals surface area contributed by atoms with Gasteiger partial charge in [-0.3, -0.25) is 4.79 Å². The molecule has 0 saturated heterocycles. The first-order valence-corrected chi connectivity index (χ1v) is 3.93. The molecule has 3 nitrogen and oxygen atoms in total. The molecule has 1 heterocycles. The standard InChI is InChI=1S/C9H8O3/c10-7-2-1-3-8-6(7)4-5-9(11)12-8/h4-5H,1-3H2. The van der Waals surface area contributed by atoms with Gasteiger partial charge in [-0.15, -0.1) is 0 Å². The summed E-state index contributed by atoms with van der Waals surface area (Å²) in [5.41, 5.74) is 0.212. The highest BCUT2D eigenvalue weighted by atomic mass is 16.4. The molecule has 0 fully saturated rings. The number of rotatable bonds is 0. The van der Waals surface area contributed by atoms with Crippen molar-refractivity contribution >= 4 is 5.78 Å². The molecule has 0 amide bonds. The molecule has 1 aliphatic rings. The summed E-state index contributed by atoms with van der Waals surface area (Å²) >= 11 is 0. The fourth-order valence-electron chi connectivity index (χ4n) is 1.43. The molecule has 0 N–H and O–H groups in total. The van der Waals surface area contributed by atoms with E-state index < -0.39 is 0 Å². The molecule has 12 heavy (non-hydrogen) atoms. The monoisotopic (exact) mass is 164 g/mol. The van der Waals surface area contributed by atoms with Crippen molar-refractivity contribution in [3.63, 3.8) is 0 Å². The third-order valence-corrected chi connectivity index (χ3v) is 2.02. The minimum absolute atomic E-state index is 0.0833. The van der Waals surface area contributed by atoms with Crippen molar-refractivity contribution in [3.05, 3.63) is 33.9 Å². The van der Waals surface area contributed by atoms with Crippen molar-refractivity contribution < 1.29 is 9.21 Å². The van der Waals surface area contributed by atoms with E-state index in [9.17, 15) is 9.59 Å². The molecule has 1 aromatic heterocycles. The van der Waals surface area contributed by atoms with E-state index in [1.54, 1.807) is 6.07 Å². The topological polar surface area (TPSA) is 47.3 Å². The number of hydrogen-bond acceptors (Lipinski definition) is 3. The van der Waals surface area contributed by atoms with Gasteiger partial charge in [0.25, 0.3) is 0 Å². The molecule has 0 bridgehead atoms. The number of hydrogen-bond donors (Lipinski definition) is 0.